The number of hydrogen-bond acceptors (Lipinski definition) is 2. The summed E-state index contributed by atoms with van der Waals surface area (Å²) in [6, 6.07) is 0. The van der Waals surface area contributed by atoms with E-state index in [1.807, 2.05) is 0 Å². The maximum Gasteiger partial charge on any atom is 0.330 e. The first-order valence-corrected chi connectivity index (χ1v) is 11.9. The van der Waals surface area contributed by atoms with Crippen LogP contribution in [0.1, 0.15) is 124 Å². The van der Waals surface area contributed by atoms with E-state index >= 15 is 0 Å². The highest BCUT2D eigenvalue weighted by Crippen LogP contribution is 2.24. The number of hydrogen-bond donors (Lipinski definition) is 0. The van der Waals surface area contributed by atoms with E-state index < -0.39 is 0 Å². The normalized spacial score (nSPS) is 12.3. The number of ether oxygens (including phenoxy) is 1. The Morgan fingerprint density at radius 3 is 1.67 bits per heavy atom. The molecule has 0 radical (unpaired) electrons. The molecule has 0 saturated carbocycles. The van der Waals surface area contributed by atoms with Gasteiger partial charge in [0.2, 0.25) is 0 Å². The monoisotopic (exact) mass is 380 g/mol. The summed E-state index contributed by atoms with van der Waals surface area (Å²) < 4.78 is 5.09. The molecular formula is C25H48O2. The topological polar surface area (TPSA) is 26.3 Å². The van der Waals surface area contributed by atoms with E-state index in [-0.39, 0.29) is 5.97 Å². The predicted molar refractivity (Wildman–Crippen MR) is 119 cm³/mol. The fourth-order valence-electron chi connectivity index (χ4n) is 3.81. The maximum atomic E-state index is 11.1. The Morgan fingerprint density at radius 2 is 1.22 bits per heavy atom. The molecule has 0 N–H and O–H groups in total. The van der Waals surface area contributed by atoms with Gasteiger partial charge in [-0.15, -0.1) is 0 Å². The summed E-state index contributed by atoms with van der Waals surface area (Å²) in [7, 11) is 0. The lowest BCUT2D eigenvalue weighted by atomic mass is 9.86. The van der Waals surface area contributed by atoms with Gasteiger partial charge in [-0.2, -0.15) is 0 Å². The van der Waals surface area contributed by atoms with Crippen molar-refractivity contribution < 1.29 is 9.53 Å². The summed E-state index contributed by atoms with van der Waals surface area (Å²) in [5.41, 5.74) is 0. The van der Waals surface area contributed by atoms with Crippen molar-refractivity contribution in [2.45, 2.75) is 124 Å². The molecule has 1 unspecified atom stereocenters. The summed E-state index contributed by atoms with van der Waals surface area (Å²) in [4.78, 5) is 11.1. The Bertz CT molecular complexity index is 335. The van der Waals surface area contributed by atoms with E-state index in [1.165, 1.54) is 102 Å². The number of unbranched alkanes of at least 4 members (excludes halogenated alkanes) is 12. The first-order valence-electron chi connectivity index (χ1n) is 11.9. The first kappa shape index (κ1) is 26.2. The number of esters is 1. The van der Waals surface area contributed by atoms with Crippen LogP contribution in [0.3, 0.4) is 0 Å². The molecule has 0 bridgehead atoms. The van der Waals surface area contributed by atoms with Crippen LogP contribution < -0.4 is 0 Å². The van der Waals surface area contributed by atoms with Crippen molar-refractivity contribution in [2.24, 2.45) is 11.8 Å². The molecule has 160 valence electrons. The predicted octanol–water partition coefficient (Wildman–Crippen LogP) is 8.25. The number of carbonyl (C=O) groups is 1. The molecular weight excluding hydrogens is 332 g/mol. The van der Waals surface area contributed by atoms with Crippen LogP contribution in [-0.2, 0) is 9.53 Å². The highest BCUT2D eigenvalue weighted by molar-refractivity contribution is 5.81. The molecule has 0 heterocycles. The molecule has 0 spiro atoms. The number of carbonyl (C=O) groups excluding carboxylic acids is 1. The van der Waals surface area contributed by atoms with Gasteiger partial charge in [0.15, 0.2) is 0 Å². The van der Waals surface area contributed by atoms with Gasteiger partial charge in [-0.25, -0.2) is 4.79 Å². The quantitative estimate of drug-likeness (QED) is 0.121. The van der Waals surface area contributed by atoms with Gasteiger partial charge in [0.25, 0.3) is 0 Å². The lowest BCUT2D eigenvalue weighted by Crippen LogP contribution is -2.11. The zero-order valence-electron chi connectivity index (χ0n) is 18.8. The maximum absolute atomic E-state index is 11.1. The fourth-order valence-corrected chi connectivity index (χ4v) is 3.81. The zero-order valence-corrected chi connectivity index (χ0v) is 18.8. The van der Waals surface area contributed by atoms with Crippen molar-refractivity contribution in [2.75, 3.05) is 6.61 Å². The molecule has 2 nitrogen and oxygen atoms in total. The van der Waals surface area contributed by atoms with Crippen molar-refractivity contribution in [3.8, 4) is 0 Å². The second-order valence-corrected chi connectivity index (χ2v) is 8.55. The Morgan fingerprint density at radius 1 is 0.778 bits per heavy atom. The highest BCUT2D eigenvalue weighted by atomic mass is 16.5. The van der Waals surface area contributed by atoms with Crippen LogP contribution in [0.25, 0.3) is 0 Å². The molecule has 0 aromatic rings. The molecule has 0 aliphatic heterocycles. The van der Waals surface area contributed by atoms with E-state index in [9.17, 15) is 4.79 Å². The molecule has 1 atom stereocenters. The van der Waals surface area contributed by atoms with Gasteiger partial charge < -0.3 is 4.74 Å². The van der Waals surface area contributed by atoms with Crippen LogP contribution in [0.15, 0.2) is 12.7 Å². The van der Waals surface area contributed by atoms with Crippen molar-refractivity contribution in [3.05, 3.63) is 12.7 Å². The third-order valence-electron chi connectivity index (χ3n) is 5.75. The molecule has 0 aromatic heterocycles. The largest absolute Gasteiger partial charge is 0.463 e. The van der Waals surface area contributed by atoms with Gasteiger partial charge in [-0.1, -0.05) is 117 Å². The van der Waals surface area contributed by atoms with Crippen LogP contribution in [-0.4, -0.2) is 12.6 Å². The van der Waals surface area contributed by atoms with Crippen LogP contribution in [0.4, 0.5) is 0 Å². The zero-order chi connectivity index (χ0) is 20.2. The van der Waals surface area contributed by atoms with Gasteiger partial charge in [-0.3, -0.25) is 0 Å². The lowest BCUT2D eigenvalue weighted by Gasteiger charge is -2.20. The lowest BCUT2D eigenvalue weighted by molar-refractivity contribution is -0.137. The molecule has 0 saturated heterocycles. The van der Waals surface area contributed by atoms with Crippen LogP contribution in [0, 0.1) is 11.8 Å². The summed E-state index contributed by atoms with van der Waals surface area (Å²) in [5.74, 6) is 1.19. The number of rotatable bonds is 20. The molecule has 0 aliphatic carbocycles. The third-order valence-corrected chi connectivity index (χ3v) is 5.75. The summed E-state index contributed by atoms with van der Waals surface area (Å²) in [6.07, 6.45) is 23.1. The molecule has 0 rings (SSSR count). The molecule has 0 amide bonds. The third kappa shape index (κ3) is 18.3. The Labute approximate surface area is 170 Å². The van der Waals surface area contributed by atoms with Gasteiger partial charge in [0.1, 0.15) is 0 Å². The van der Waals surface area contributed by atoms with Crippen LogP contribution in [0.5, 0.6) is 0 Å². The molecule has 27 heavy (non-hydrogen) atoms. The first-order chi connectivity index (χ1) is 13.1. The van der Waals surface area contributed by atoms with E-state index in [2.05, 4.69) is 27.4 Å². The van der Waals surface area contributed by atoms with Gasteiger partial charge >= 0.3 is 5.97 Å². The second kappa shape index (κ2) is 20.0. The van der Waals surface area contributed by atoms with E-state index in [4.69, 9.17) is 4.74 Å². The van der Waals surface area contributed by atoms with Crippen LogP contribution >= 0.6 is 0 Å². The average molecular weight is 381 g/mol. The molecule has 0 aliphatic rings. The van der Waals surface area contributed by atoms with E-state index in [0.717, 1.165) is 18.3 Å². The summed E-state index contributed by atoms with van der Waals surface area (Å²) in [6.45, 7) is 10.9. The van der Waals surface area contributed by atoms with Gasteiger partial charge in [0, 0.05) is 6.08 Å². The van der Waals surface area contributed by atoms with Crippen molar-refractivity contribution >= 4 is 5.97 Å². The van der Waals surface area contributed by atoms with Gasteiger partial charge in [0.05, 0.1) is 6.61 Å². The molecule has 0 fully saturated rings. The Balaban J connectivity index is 3.46. The van der Waals surface area contributed by atoms with E-state index in [1.54, 1.807) is 0 Å². The highest BCUT2D eigenvalue weighted by Gasteiger charge is 2.13. The van der Waals surface area contributed by atoms with Crippen molar-refractivity contribution in [1.29, 1.82) is 0 Å². The summed E-state index contributed by atoms with van der Waals surface area (Å²) >= 11 is 0. The van der Waals surface area contributed by atoms with Gasteiger partial charge in [-0.05, 0) is 24.7 Å². The SMILES string of the molecule is C=CC(=O)OCCCC(CCCCCCCCCCCCCCC)C(C)C. The smallest absolute Gasteiger partial charge is 0.330 e. The van der Waals surface area contributed by atoms with Crippen molar-refractivity contribution in [1.82, 2.24) is 0 Å². The minimum Gasteiger partial charge on any atom is -0.463 e. The molecule has 2 heteroatoms. The minimum atomic E-state index is -0.299. The second-order valence-electron chi connectivity index (χ2n) is 8.55. The van der Waals surface area contributed by atoms with E-state index in [0.29, 0.717) is 6.61 Å². The fraction of sp³-hybridized carbons (Fsp3) is 0.880. The van der Waals surface area contributed by atoms with Crippen LogP contribution in [0.2, 0.25) is 0 Å². The minimum absolute atomic E-state index is 0.299. The standard InChI is InChI=1S/C25H48O2/c1-5-7-8-9-10-11-12-13-14-15-16-17-18-20-24(23(3)4)21-19-22-27-25(26)6-2/h6,23-24H,2,5,7-22H2,1,3-4H3. The average Bonchev–Trinajstić information content (AvgIpc) is 2.66. The molecule has 0 aromatic carbocycles. The summed E-state index contributed by atoms with van der Waals surface area (Å²) in [5, 5.41) is 0. The Kier molecular flexibility index (Phi) is 19.4. The Hall–Kier alpha value is -0.790. The van der Waals surface area contributed by atoms with Crippen molar-refractivity contribution in [3.63, 3.8) is 0 Å².